The van der Waals surface area contributed by atoms with Crippen molar-refractivity contribution in [1.82, 2.24) is 30.9 Å². The number of nitrogens with zero attached hydrogens (tertiary/aromatic N) is 1. The largest absolute Gasteiger partial charge is 0.481 e. The highest BCUT2D eigenvalue weighted by atomic mass is 16.4. The molecule has 0 aliphatic rings. The molecule has 2 aromatic heterocycles. The lowest BCUT2D eigenvalue weighted by molar-refractivity contribution is -0.143. The maximum atomic E-state index is 13.1. The number of hydrogen-bond acceptors (Lipinski definition) is 7. The summed E-state index contributed by atoms with van der Waals surface area (Å²) in [5.41, 5.74) is 7.99. The van der Waals surface area contributed by atoms with E-state index in [4.69, 9.17) is 10.8 Å². The lowest BCUT2D eigenvalue weighted by Crippen LogP contribution is -2.54. The lowest BCUT2D eigenvalue weighted by atomic mass is 10.0. The van der Waals surface area contributed by atoms with E-state index >= 15 is 0 Å². The number of carboxylic acid groups (broad SMARTS) is 2. The maximum absolute atomic E-state index is 13.1. The molecule has 0 saturated carbocycles. The van der Waals surface area contributed by atoms with Crippen LogP contribution in [0.15, 0.2) is 43.0 Å². The molecule has 14 heteroatoms. The van der Waals surface area contributed by atoms with E-state index < -0.39 is 60.8 Å². The predicted octanol–water partition coefficient (Wildman–Crippen LogP) is -0.961. The molecule has 3 amide bonds. The fourth-order valence-corrected chi connectivity index (χ4v) is 3.80. The molecule has 0 aliphatic heterocycles. The molecule has 3 atom stereocenters. The van der Waals surface area contributed by atoms with Crippen molar-refractivity contribution in [3.63, 3.8) is 0 Å². The van der Waals surface area contributed by atoms with E-state index in [1.807, 2.05) is 24.3 Å². The van der Waals surface area contributed by atoms with Gasteiger partial charge in [0.2, 0.25) is 17.7 Å². The Kier molecular flexibility index (Phi) is 9.54. The number of para-hydroxylation sites is 1. The summed E-state index contributed by atoms with van der Waals surface area (Å²) in [4.78, 5) is 70.2. The Hall–Kier alpha value is -4.72. The van der Waals surface area contributed by atoms with Crippen molar-refractivity contribution in [1.29, 1.82) is 0 Å². The van der Waals surface area contributed by atoms with Gasteiger partial charge in [-0.3, -0.25) is 19.2 Å². The minimum atomic E-state index is -1.47. The van der Waals surface area contributed by atoms with E-state index in [0.29, 0.717) is 11.3 Å². The minimum Gasteiger partial charge on any atom is -0.481 e. The molecule has 0 radical (unpaired) electrons. The zero-order valence-electron chi connectivity index (χ0n) is 20.3. The highest BCUT2D eigenvalue weighted by Gasteiger charge is 2.28. The van der Waals surface area contributed by atoms with E-state index in [2.05, 4.69) is 30.9 Å². The fraction of sp³-hybridized carbons (Fsp3) is 0.333. The first-order chi connectivity index (χ1) is 18.1. The normalized spacial score (nSPS) is 13.3. The molecule has 0 aliphatic carbocycles. The van der Waals surface area contributed by atoms with Crippen LogP contribution in [0.3, 0.4) is 0 Å². The van der Waals surface area contributed by atoms with E-state index in [0.717, 1.165) is 10.9 Å². The number of carbonyl (C=O) groups is 5. The standard InChI is InChI=1S/C24H29N7O7/c25-16(8-14-10-26-12-29-14)22(35)28-11-20(32)30-19(7-13-9-27-17-4-2-1-3-15(13)17)23(36)31-18(24(37)38)5-6-21(33)34/h1-4,9-10,12,16,18-19,27H,5-8,11,25H2,(H,26,29)(H,28,35)(H,30,32)(H,31,36)(H,33,34)(H,37,38). The SMILES string of the molecule is NC(Cc1cnc[nH]1)C(=O)NCC(=O)NC(Cc1c[nH]c2ccccc12)C(=O)NC(CCC(=O)O)C(=O)O. The van der Waals surface area contributed by atoms with Crippen LogP contribution in [-0.4, -0.2) is 79.5 Å². The Bertz CT molecular complexity index is 1290. The van der Waals surface area contributed by atoms with Gasteiger partial charge in [0.25, 0.3) is 0 Å². The van der Waals surface area contributed by atoms with Crippen molar-refractivity contribution in [2.24, 2.45) is 5.73 Å². The van der Waals surface area contributed by atoms with E-state index in [-0.39, 0.29) is 19.3 Å². The number of fused-ring (bicyclic) bond motifs is 1. The Labute approximate surface area is 216 Å². The van der Waals surface area contributed by atoms with Crippen LogP contribution in [-0.2, 0) is 36.8 Å². The van der Waals surface area contributed by atoms with E-state index in [1.165, 1.54) is 12.5 Å². The van der Waals surface area contributed by atoms with E-state index in [1.54, 1.807) is 6.20 Å². The number of rotatable bonds is 14. The van der Waals surface area contributed by atoms with Crippen LogP contribution < -0.4 is 21.7 Å². The second-order valence-corrected chi connectivity index (χ2v) is 8.62. The summed E-state index contributed by atoms with van der Waals surface area (Å²) in [5.74, 6) is -4.73. The van der Waals surface area contributed by atoms with Gasteiger partial charge < -0.3 is 41.9 Å². The number of nitrogens with two attached hydrogens (primary N) is 1. The van der Waals surface area contributed by atoms with Crippen molar-refractivity contribution in [3.8, 4) is 0 Å². The summed E-state index contributed by atoms with van der Waals surface area (Å²) in [7, 11) is 0. The highest BCUT2D eigenvalue weighted by Crippen LogP contribution is 2.19. The highest BCUT2D eigenvalue weighted by molar-refractivity contribution is 5.93. The number of amides is 3. The summed E-state index contributed by atoms with van der Waals surface area (Å²) in [5, 5.41) is 26.3. The third-order valence-corrected chi connectivity index (χ3v) is 5.77. The predicted molar refractivity (Wildman–Crippen MR) is 134 cm³/mol. The quantitative estimate of drug-likeness (QED) is 0.129. The molecular formula is C24H29N7O7. The topological polar surface area (TPSA) is 232 Å². The summed E-state index contributed by atoms with van der Waals surface area (Å²) in [6.45, 7) is -0.478. The molecular weight excluding hydrogens is 498 g/mol. The smallest absolute Gasteiger partial charge is 0.326 e. The van der Waals surface area contributed by atoms with Gasteiger partial charge in [-0.15, -0.1) is 0 Å². The molecule has 0 saturated heterocycles. The number of imidazole rings is 1. The van der Waals surface area contributed by atoms with Crippen LogP contribution in [0, 0.1) is 0 Å². The van der Waals surface area contributed by atoms with Crippen molar-refractivity contribution >= 4 is 40.6 Å². The van der Waals surface area contributed by atoms with Gasteiger partial charge in [-0.05, 0) is 18.1 Å². The molecule has 1 aromatic carbocycles. The average Bonchev–Trinajstić information content (AvgIpc) is 3.54. The average molecular weight is 528 g/mol. The van der Waals surface area contributed by atoms with Crippen LogP contribution >= 0.6 is 0 Å². The molecule has 2 heterocycles. The van der Waals surface area contributed by atoms with Gasteiger partial charge in [-0.25, -0.2) is 9.78 Å². The van der Waals surface area contributed by atoms with E-state index in [9.17, 15) is 29.1 Å². The number of benzene rings is 1. The minimum absolute atomic E-state index is 0.000140. The molecule has 0 fully saturated rings. The van der Waals surface area contributed by atoms with Crippen LogP contribution in [0.2, 0.25) is 0 Å². The first-order valence-corrected chi connectivity index (χ1v) is 11.7. The number of carbonyl (C=O) groups excluding carboxylic acids is 3. The number of H-pyrrole nitrogens is 2. The number of aliphatic carboxylic acids is 2. The molecule has 14 nitrogen and oxygen atoms in total. The van der Waals surface area contributed by atoms with Gasteiger partial charge >= 0.3 is 11.9 Å². The van der Waals surface area contributed by atoms with Gasteiger partial charge in [0.05, 0.1) is 18.9 Å². The third kappa shape index (κ3) is 7.89. The first-order valence-electron chi connectivity index (χ1n) is 11.7. The molecule has 3 rings (SSSR count). The molecule has 3 aromatic rings. The molecule has 3 unspecified atom stereocenters. The summed E-state index contributed by atoms with van der Waals surface area (Å²) < 4.78 is 0. The molecule has 38 heavy (non-hydrogen) atoms. The molecule has 0 bridgehead atoms. The number of aromatic nitrogens is 3. The monoisotopic (exact) mass is 527 g/mol. The second-order valence-electron chi connectivity index (χ2n) is 8.62. The molecule has 202 valence electrons. The Morgan fingerprint density at radius 2 is 1.74 bits per heavy atom. The number of carboxylic acids is 2. The maximum Gasteiger partial charge on any atom is 0.326 e. The van der Waals surface area contributed by atoms with Crippen molar-refractivity contribution in [2.45, 2.75) is 43.8 Å². The Morgan fingerprint density at radius 1 is 0.974 bits per heavy atom. The number of hydrogen-bond donors (Lipinski definition) is 8. The number of aromatic amines is 2. The Balaban J connectivity index is 1.68. The molecule has 0 spiro atoms. The Morgan fingerprint density at radius 3 is 2.42 bits per heavy atom. The van der Waals surface area contributed by atoms with Gasteiger partial charge in [-0.2, -0.15) is 0 Å². The summed E-state index contributed by atoms with van der Waals surface area (Å²) in [6.07, 6.45) is 4.01. The van der Waals surface area contributed by atoms with Crippen molar-refractivity contribution in [2.75, 3.05) is 6.54 Å². The van der Waals surface area contributed by atoms with Gasteiger partial charge in [0, 0.05) is 48.3 Å². The van der Waals surface area contributed by atoms with Gasteiger partial charge in [0.1, 0.15) is 12.1 Å². The van der Waals surface area contributed by atoms with Gasteiger partial charge in [-0.1, -0.05) is 18.2 Å². The summed E-state index contributed by atoms with van der Waals surface area (Å²) in [6, 6.07) is 3.66. The van der Waals surface area contributed by atoms with Crippen LogP contribution in [0.25, 0.3) is 10.9 Å². The zero-order valence-corrected chi connectivity index (χ0v) is 20.3. The van der Waals surface area contributed by atoms with Crippen molar-refractivity contribution < 1.29 is 34.2 Å². The van der Waals surface area contributed by atoms with Crippen LogP contribution in [0.4, 0.5) is 0 Å². The molecule has 9 N–H and O–H groups in total. The third-order valence-electron chi connectivity index (χ3n) is 5.77. The second kappa shape index (κ2) is 13.0. The van der Waals surface area contributed by atoms with Gasteiger partial charge in [0.15, 0.2) is 0 Å². The van der Waals surface area contributed by atoms with Crippen LogP contribution in [0.5, 0.6) is 0 Å². The lowest BCUT2D eigenvalue weighted by Gasteiger charge is -2.21. The zero-order chi connectivity index (χ0) is 27.7. The summed E-state index contributed by atoms with van der Waals surface area (Å²) >= 11 is 0. The first kappa shape index (κ1) is 27.9. The number of nitrogens with one attached hydrogen (secondary N) is 5. The van der Waals surface area contributed by atoms with Crippen LogP contribution in [0.1, 0.15) is 24.1 Å². The van der Waals surface area contributed by atoms with Crippen molar-refractivity contribution in [3.05, 3.63) is 54.2 Å². The fourth-order valence-electron chi connectivity index (χ4n) is 3.80.